The fourth-order valence-corrected chi connectivity index (χ4v) is 3.04. The maximum atomic E-state index is 12.4. The monoisotopic (exact) mass is 351 g/mol. The molecule has 4 N–H and O–H groups in total. The van der Waals surface area contributed by atoms with E-state index in [-0.39, 0.29) is 11.9 Å². The van der Waals surface area contributed by atoms with E-state index in [0.29, 0.717) is 12.1 Å². The molecule has 0 radical (unpaired) electrons. The van der Waals surface area contributed by atoms with E-state index in [1.54, 1.807) is 12.1 Å². The lowest BCUT2D eigenvalue weighted by Gasteiger charge is -2.34. The summed E-state index contributed by atoms with van der Waals surface area (Å²) in [4.78, 5) is 16.6. The van der Waals surface area contributed by atoms with Crippen molar-refractivity contribution in [2.75, 3.05) is 26.2 Å². The van der Waals surface area contributed by atoms with Crippen LogP contribution in [0.2, 0.25) is 0 Å². The zero-order valence-corrected chi connectivity index (χ0v) is 14.8. The molecule has 0 saturated carbocycles. The van der Waals surface area contributed by atoms with Crippen LogP contribution in [-0.4, -0.2) is 47.8 Å². The molecule has 1 fully saturated rings. The molecule has 0 unspecified atom stereocenters. The number of benzene rings is 2. The quantitative estimate of drug-likeness (QED) is 0.569. The second kappa shape index (κ2) is 8.49. The Labute approximate surface area is 154 Å². The Balaban J connectivity index is 1.42. The largest absolute Gasteiger partial charge is 0.384 e. The number of hydrogen-bond donors (Lipinski definition) is 3. The van der Waals surface area contributed by atoms with Gasteiger partial charge in [0, 0.05) is 44.8 Å². The highest BCUT2D eigenvalue weighted by molar-refractivity contribution is 5.94. The van der Waals surface area contributed by atoms with Crippen molar-refractivity contribution in [1.29, 1.82) is 5.41 Å². The van der Waals surface area contributed by atoms with E-state index in [1.165, 1.54) is 5.56 Å². The Kier molecular flexibility index (Phi) is 5.86. The van der Waals surface area contributed by atoms with Crippen molar-refractivity contribution in [3.63, 3.8) is 0 Å². The summed E-state index contributed by atoms with van der Waals surface area (Å²) >= 11 is 0. The molecule has 6 heteroatoms. The number of nitrogen functional groups attached to an aromatic ring is 1. The molecule has 26 heavy (non-hydrogen) atoms. The zero-order chi connectivity index (χ0) is 18.4. The van der Waals surface area contributed by atoms with Crippen LogP contribution in [0.4, 0.5) is 4.79 Å². The molecule has 0 aliphatic carbocycles. The Morgan fingerprint density at radius 2 is 1.62 bits per heavy atom. The van der Waals surface area contributed by atoms with Crippen LogP contribution in [0.1, 0.15) is 16.7 Å². The van der Waals surface area contributed by atoms with E-state index in [0.717, 1.165) is 38.3 Å². The van der Waals surface area contributed by atoms with Gasteiger partial charge in [-0.25, -0.2) is 4.79 Å². The van der Waals surface area contributed by atoms with Crippen molar-refractivity contribution in [2.45, 2.75) is 13.1 Å². The Hall–Kier alpha value is -2.86. The fourth-order valence-electron chi connectivity index (χ4n) is 3.04. The molecule has 1 aliphatic heterocycles. The van der Waals surface area contributed by atoms with E-state index in [2.05, 4.69) is 34.5 Å². The summed E-state index contributed by atoms with van der Waals surface area (Å²) in [5, 5.41) is 10.4. The van der Waals surface area contributed by atoms with Gasteiger partial charge in [0.15, 0.2) is 0 Å². The number of carbonyl (C=O) groups is 1. The van der Waals surface area contributed by atoms with Crippen molar-refractivity contribution < 1.29 is 4.79 Å². The van der Waals surface area contributed by atoms with E-state index < -0.39 is 0 Å². The summed E-state index contributed by atoms with van der Waals surface area (Å²) < 4.78 is 0. The molecule has 1 heterocycles. The minimum atomic E-state index is -0.0278. The second-order valence-electron chi connectivity index (χ2n) is 6.52. The molecule has 136 valence electrons. The van der Waals surface area contributed by atoms with Gasteiger partial charge in [0.25, 0.3) is 0 Å². The number of nitrogens with zero attached hydrogens (tertiary/aromatic N) is 2. The minimum absolute atomic E-state index is 0.0278. The average Bonchev–Trinajstić information content (AvgIpc) is 2.68. The standard InChI is InChI=1S/C20H25N5O/c21-19(22)18-8-6-16(7-9-18)14-23-20(26)25-12-10-24(11-13-25)15-17-4-2-1-3-5-17/h1-9H,10-15H2,(H3,21,22)(H,23,26). The fraction of sp³-hybridized carbons (Fsp3) is 0.300. The van der Waals surface area contributed by atoms with Crippen molar-refractivity contribution in [1.82, 2.24) is 15.1 Å². The number of nitrogens with two attached hydrogens (primary N) is 1. The van der Waals surface area contributed by atoms with E-state index in [9.17, 15) is 4.79 Å². The van der Waals surface area contributed by atoms with E-state index in [4.69, 9.17) is 11.1 Å². The molecule has 6 nitrogen and oxygen atoms in total. The first-order valence-corrected chi connectivity index (χ1v) is 8.84. The molecule has 1 aliphatic rings. The maximum Gasteiger partial charge on any atom is 0.317 e. The first-order valence-electron chi connectivity index (χ1n) is 8.84. The van der Waals surface area contributed by atoms with Crippen LogP contribution in [-0.2, 0) is 13.1 Å². The lowest BCUT2D eigenvalue weighted by Crippen LogP contribution is -2.51. The first kappa shape index (κ1) is 17.9. The third-order valence-corrected chi connectivity index (χ3v) is 4.62. The predicted molar refractivity (Wildman–Crippen MR) is 103 cm³/mol. The summed E-state index contributed by atoms with van der Waals surface area (Å²) in [6, 6.07) is 17.7. The third-order valence-electron chi connectivity index (χ3n) is 4.62. The Morgan fingerprint density at radius 1 is 0.962 bits per heavy atom. The number of urea groups is 1. The Bertz CT molecular complexity index is 737. The van der Waals surface area contributed by atoms with Crippen LogP contribution >= 0.6 is 0 Å². The van der Waals surface area contributed by atoms with Gasteiger partial charge >= 0.3 is 6.03 Å². The minimum Gasteiger partial charge on any atom is -0.384 e. The molecule has 2 amide bonds. The first-order chi connectivity index (χ1) is 12.6. The molecular weight excluding hydrogens is 326 g/mol. The van der Waals surface area contributed by atoms with Crippen LogP contribution in [0.15, 0.2) is 54.6 Å². The van der Waals surface area contributed by atoms with Crippen LogP contribution in [0, 0.1) is 5.41 Å². The summed E-state index contributed by atoms with van der Waals surface area (Å²) in [6.45, 7) is 4.65. The number of rotatable bonds is 5. The summed E-state index contributed by atoms with van der Waals surface area (Å²) in [7, 11) is 0. The van der Waals surface area contributed by atoms with Gasteiger partial charge in [0.1, 0.15) is 5.84 Å². The van der Waals surface area contributed by atoms with Crippen molar-refractivity contribution >= 4 is 11.9 Å². The average molecular weight is 351 g/mol. The van der Waals surface area contributed by atoms with Gasteiger partial charge < -0.3 is 16.0 Å². The van der Waals surface area contributed by atoms with Crippen LogP contribution in [0.3, 0.4) is 0 Å². The van der Waals surface area contributed by atoms with Gasteiger partial charge in [-0.15, -0.1) is 0 Å². The Morgan fingerprint density at radius 3 is 2.23 bits per heavy atom. The maximum absolute atomic E-state index is 12.4. The molecule has 3 rings (SSSR count). The molecule has 2 aromatic carbocycles. The SMILES string of the molecule is N=C(N)c1ccc(CNC(=O)N2CCN(Cc3ccccc3)CC2)cc1. The molecule has 0 atom stereocenters. The topological polar surface area (TPSA) is 85.4 Å². The van der Waals surface area contributed by atoms with Gasteiger partial charge in [0.2, 0.25) is 0 Å². The highest BCUT2D eigenvalue weighted by Crippen LogP contribution is 2.09. The molecular formula is C20H25N5O. The van der Waals surface area contributed by atoms with Gasteiger partial charge in [-0.1, -0.05) is 54.6 Å². The lowest BCUT2D eigenvalue weighted by atomic mass is 10.1. The van der Waals surface area contributed by atoms with Gasteiger partial charge in [-0.05, 0) is 11.1 Å². The molecule has 0 aromatic heterocycles. The number of amides is 2. The summed E-state index contributed by atoms with van der Waals surface area (Å²) in [5.74, 6) is 0.0500. The van der Waals surface area contributed by atoms with Gasteiger partial charge in [0.05, 0.1) is 0 Å². The highest BCUT2D eigenvalue weighted by Gasteiger charge is 2.20. The number of piperazine rings is 1. The number of nitrogens with one attached hydrogen (secondary N) is 2. The van der Waals surface area contributed by atoms with Gasteiger partial charge in [-0.2, -0.15) is 0 Å². The second-order valence-corrected chi connectivity index (χ2v) is 6.52. The van der Waals surface area contributed by atoms with Crippen molar-refractivity contribution in [2.24, 2.45) is 5.73 Å². The number of carbonyl (C=O) groups excluding carboxylic acids is 1. The molecule has 0 spiro atoms. The van der Waals surface area contributed by atoms with Crippen molar-refractivity contribution in [3.8, 4) is 0 Å². The van der Waals surface area contributed by atoms with E-state index >= 15 is 0 Å². The number of hydrogen-bond acceptors (Lipinski definition) is 3. The van der Waals surface area contributed by atoms with Crippen LogP contribution in [0.25, 0.3) is 0 Å². The van der Waals surface area contributed by atoms with E-state index in [1.807, 2.05) is 23.1 Å². The molecule has 0 bridgehead atoms. The molecule has 1 saturated heterocycles. The lowest BCUT2D eigenvalue weighted by molar-refractivity contribution is 0.135. The highest BCUT2D eigenvalue weighted by atomic mass is 16.2. The normalized spacial score (nSPS) is 14.8. The smallest absolute Gasteiger partial charge is 0.317 e. The van der Waals surface area contributed by atoms with Gasteiger partial charge in [-0.3, -0.25) is 10.3 Å². The van der Waals surface area contributed by atoms with Crippen LogP contribution < -0.4 is 11.1 Å². The third kappa shape index (κ3) is 4.83. The zero-order valence-electron chi connectivity index (χ0n) is 14.8. The summed E-state index contributed by atoms with van der Waals surface area (Å²) in [5.41, 5.74) is 8.43. The summed E-state index contributed by atoms with van der Waals surface area (Å²) in [6.07, 6.45) is 0. The number of amidine groups is 1. The molecule has 2 aromatic rings. The van der Waals surface area contributed by atoms with Crippen molar-refractivity contribution in [3.05, 3.63) is 71.3 Å². The predicted octanol–water partition coefficient (Wildman–Crippen LogP) is 2.00. The van der Waals surface area contributed by atoms with Crippen LogP contribution in [0.5, 0.6) is 0 Å².